The van der Waals surface area contributed by atoms with E-state index >= 15 is 0 Å². The summed E-state index contributed by atoms with van der Waals surface area (Å²) >= 11 is -3.65. The van der Waals surface area contributed by atoms with Crippen LogP contribution in [0.25, 0.3) is 0 Å². The van der Waals surface area contributed by atoms with Crippen molar-refractivity contribution in [3.05, 3.63) is 273 Å². The van der Waals surface area contributed by atoms with Crippen LogP contribution in [0.15, 0.2) is 273 Å². The molecule has 0 unspecified atom stereocenters. The van der Waals surface area contributed by atoms with Crippen LogP contribution < -0.4 is 37.0 Å². The minimum Gasteiger partial charge on any atom is -0.0622 e. The zero-order valence-corrected chi connectivity index (χ0v) is 40.9. The summed E-state index contributed by atoms with van der Waals surface area (Å²) in [5.74, 6) is 0. The molecule has 0 bridgehead atoms. The second-order valence-corrected chi connectivity index (χ2v) is 27.9. The SMILES string of the molecule is C=O.[H-].[H-].[H-].[Rh+3].c1cc[c]([Sb]([c]2ccccc2)[c]2ccccc2)cc1.c1cc[c]([Sb]([c]2ccccc2)[c]2ccccc2)cc1.c1ccc(P(c2ccccc2)c2ccccc2)cc1. The Hall–Kier alpha value is -4.66. The summed E-state index contributed by atoms with van der Waals surface area (Å²) in [5, 5.41) is 4.19. The summed E-state index contributed by atoms with van der Waals surface area (Å²) in [7, 11) is -0.446. The number of rotatable bonds is 9. The molecule has 9 aromatic carbocycles. The first-order valence-electron chi connectivity index (χ1n) is 19.5. The van der Waals surface area contributed by atoms with Crippen LogP contribution >= 0.6 is 7.92 Å². The summed E-state index contributed by atoms with van der Waals surface area (Å²) in [4.78, 5) is 8.00. The molecule has 0 heterocycles. The Bertz CT molecular complexity index is 1910. The molecule has 5 heteroatoms. The summed E-state index contributed by atoms with van der Waals surface area (Å²) in [6, 6.07) is 98.1. The first-order valence-corrected chi connectivity index (χ1v) is 28.5. The van der Waals surface area contributed by atoms with E-state index in [-0.39, 0.29) is 23.8 Å². The molecular weight excluding hydrogens is 1050 g/mol. The molecule has 0 amide bonds. The average Bonchev–Trinajstić information content (AvgIpc) is 3.34. The standard InChI is InChI=1S/C18H15P.6C6H5.CH2O.Rh.2Sb.3H/c1-4-10-16(11-5-1)19(17-12-6-2-7-13-17)18-14-8-3-9-15-18;6*1-2-4-6-5-3-1;1-2;;;;;;/h1-15H;6*1-5H;1H2;;;;;;/q;;;;;;;;+3;;;3*-1. The van der Waals surface area contributed by atoms with Crippen molar-refractivity contribution in [3.63, 3.8) is 0 Å². The molecule has 0 N–H and O–H groups in total. The Labute approximate surface area is 390 Å². The largest absolute Gasteiger partial charge is 0.0622 e. The average molecular weight is 1100 g/mol. The van der Waals surface area contributed by atoms with E-state index < -0.39 is 48.3 Å². The molecule has 0 aromatic heterocycles. The quantitative estimate of drug-likeness (QED) is 0.106. The van der Waals surface area contributed by atoms with E-state index in [1.54, 1.807) is 0 Å². The van der Waals surface area contributed by atoms with Gasteiger partial charge in [0.05, 0.1) is 0 Å². The predicted molar refractivity (Wildman–Crippen MR) is 264 cm³/mol. The molecular formula is C55H50OPRhSb2. The van der Waals surface area contributed by atoms with Crippen LogP contribution in [0.4, 0.5) is 0 Å². The maximum Gasteiger partial charge on any atom is -0.0134 e. The van der Waals surface area contributed by atoms with Gasteiger partial charge in [0.25, 0.3) is 0 Å². The Morgan fingerprint density at radius 1 is 0.250 bits per heavy atom. The van der Waals surface area contributed by atoms with Gasteiger partial charge in [-0.25, -0.2) is 0 Å². The second kappa shape index (κ2) is 26.5. The number of benzene rings is 9. The van der Waals surface area contributed by atoms with Crippen molar-refractivity contribution in [1.29, 1.82) is 0 Å². The van der Waals surface area contributed by atoms with Gasteiger partial charge in [-0.15, -0.1) is 0 Å². The predicted octanol–water partition coefficient (Wildman–Crippen LogP) is 8.00. The molecule has 9 rings (SSSR count). The van der Waals surface area contributed by atoms with Gasteiger partial charge in [0.15, 0.2) is 0 Å². The van der Waals surface area contributed by atoms with Crippen molar-refractivity contribution < 1.29 is 28.6 Å². The van der Waals surface area contributed by atoms with Crippen LogP contribution in [0.5, 0.6) is 0 Å². The fraction of sp³-hybridized carbons (Fsp3) is 0. The molecule has 1 nitrogen and oxygen atoms in total. The van der Waals surface area contributed by atoms with Gasteiger partial charge >= 0.3 is 263 Å². The summed E-state index contributed by atoms with van der Waals surface area (Å²) in [5.41, 5.74) is 0. The first-order chi connectivity index (χ1) is 29.3. The van der Waals surface area contributed by atoms with Crippen LogP contribution in [0.2, 0.25) is 0 Å². The van der Waals surface area contributed by atoms with Crippen molar-refractivity contribution >= 4 is 92.1 Å². The molecule has 0 aliphatic rings. The van der Waals surface area contributed by atoms with Crippen molar-refractivity contribution in [1.82, 2.24) is 0 Å². The van der Waals surface area contributed by atoms with Gasteiger partial charge < -0.3 is 9.07 Å². The van der Waals surface area contributed by atoms with Crippen molar-refractivity contribution in [2.24, 2.45) is 0 Å². The van der Waals surface area contributed by atoms with E-state index in [2.05, 4.69) is 273 Å². The van der Waals surface area contributed by atoms with Crippen LogP contribution in [0.3, 0.4) is 0 Å². The molecule has 9 aromatic rings. The fourth-order valence-electron chi connectivity index (χ4n) is 6.54. The minimum absolute atomic E-state index is 0. The van der Waals surface area contributed by atoms with Crippen LogP contribution in [0, 0.1) is 0 Å². The van der Waals surface area contributed by atoms with E-state index in [0.717, 1.165) is 0 Å². The van der Waals surface area contributed by atoms with Gasteiger partial charge in [-0.05, 0) is 23.8 Å². The molecule has 0 aliphatic heterocycles. The summed E-state index contributed by atoms with van der Waals surface area (Å²) in [6.45, 7) is 2.00. The Kier molecular flexibility index (Phi) is 20.5. The maximum absolute atomic E-state index is 8.00. The third kappa shape index (κ3) is 13.7. The zero-order valence-electron chi connectivity index (χ0n) is 36.3. The molecule has 0 radical (unpaired) electrons. The summed E-state index contributed by atoms with van der Waals surface area (Å²) in [6.07, 6.45) is 0. The molecule has 300 valence electrons. The Morgan fingerprint density at radius 2 is 0.383 bits per heavy atom. The molecule has 0 spiro atoms. The monoisotopic (exact) mass is 1100 g/mol. The van der Waals surface area contributed by atoms with Gasteiger partial charge in [-0.3, -0.25) is 0 Å². The van der Waals surface area contributed by atoms with Crippen molar-refractivity contribution in [2.45, 2.75) is 0 Å². The van der Waals surface area contributed by atoms with Crippen LogP contribution in [0.1, 0.15) is 4.28 Å². The first kappa shape index (κ1) is 46.4. The molecule has 60 heavy (non-hydrogen) atoms. The van der Waals surface area contributed by atoms with Gasteiger partial charge in [0.2, 0.25) is 0 Å². The number of carbonyl (C=O) groups is 1. The zero-order chi connectivity index (χ0) is 40.7. The van der Waals surface area contributed by atoms with Crippen molar-refractivity contribution in [2.75, 3.05) is 0 Å². The Balaban J connectivity index is 0.000000309. The molecule has 0 fully saturated rings. The number of carbonyl (C=O) groups excluding carboxylic acids is 1. The van der Waals surface area contributed by atoms with Gasteiger partial charge in [0, 0.05) is 0 Å². The summed E-state index contributed by atoms with van der Waals surface area (Å²) < 4.78 is 9.10. The molecule has 0 saturated heterocycles. The maximum atomic E-state index is 8.00. The van der Waals surface area contributed by atoms with Gasteiger partial charge in [-0.1, -0.05) is 91.0 Å². The normalized spacial score (nSPS) is 10.1. The second-order valence-electron chi connectivity index (χ2n) is 13.0. The molecule has 0 atom stereocenters. The van der Waals surface area contributed by atoms with Gasteiger partial charge in [0.1, 0.15) is 6.79 Å². The third-order valence-electron chi connectivity index (χ3n) is 9.13. The topological polar surface area (TPSA) is 17.1 Å². The third-order valence-corrected chi connectivity index (χ3v) is 25.5. The van der Waals surface area contributed by atoms with E-state index in [0.29, 0.717) is 0 Å². The van der Waals surface area contributed by atoms with E-state index in [4.69, 9.17) is 4.79 Å². The van der Waals surface area contributed by atoms with Gasteiger partial charge in [-0.2, -0.15) is 0 Å². The Morgan fingerprint density at radius 3 is 0.533 bits per heavy atom. The van der Waals surface area contributed by atoms with Crippen molar-refractivity contribution in [3.8, 4) is 0 Å². The smallest absolute Gasteiger partial charge is 0.0134 e. The van der Waals surface area contributed by atoms with E-state index in [9.17, 15) is 0 Å². The van der Waals surface area contributed by atoms with E-state index in [1.165, 1.54) is 37.0 Å². The number of hydrogen-bond donors (Lipinski definition) is 0. The van der Waals surface area contributed by atoms with Crippen LogP contribution in [-0.4, -0.2) is 47.2 Å². The minimum atomic E-state index is -1.83. The fourth-order valence-corrected chi connectivity index (χ4v) is 22.0. The molecule has 0 saturated carbocycles. The number of hydrogen-bond acceptors (Lipinski definition) is 1. The van der Waals surface area contributed by atoms with E-state index in [1.807, 2.05) is 6.79 Å². The van der Waals surface area contributed by atoms with Crippen LogP contribution in [-0.2, 0) is 24.3 Å². The molecule has 0 aliphatic carbocycles.